The van der Waals surface area contributed by atoms with Gasteiger partial charge in [0.1, 0.15) is 11.3 Å². The van der Waals surface area contributed by atoms with Gasteiger partial charge in [-0.3, -0.25) is 14.9 Å². The highest BCUT2D eigenvalue weighted by Crippen LogP contribution is 2.38. The van der Waals surface area contributed by atoms with Crippen LogP contribution in [-0.4, -0.2) is 27.9 Å². The lowest BCUT2D eigenvalue weighted by Crippen LogP contribution is -2.46. The van der Waals surface area contributed by atoms with Crippen LogP contribution >= 0.6 is 0 Å². The van der Waals surface area contributed by atoms with Crippen molar-refractivity contribution < 1.29 is 4.79 Å². The van der Waals surface area contributed by atoms with Gasteiger partial charge in [-0.15, -0.1) is 0 Å². The van der Waals surface area contributed by atoms with Crippen molar-refractivity contribution in [1.82, 2.24) is 9.78 Å². The van der Waals surface area contributed by atoms with E-state index in [2.05, 4.69) is 22.5 Å². The number of aryl methyl sites for hydroxylation is 1. The van der Waals surface area contributed by atoms with E-state index in [1.165, 1.54) is 5.56 Å². The van der Waals surface area contributed by atoms with Crippen LogP contribution in [0.4, 0.5) is 5.69 Å². The average molecular weight is 404 g/mol. The summed E-state index contributed by atoms with van der Waals surface area (Å²) in [6, 6.07) is 10.2. The number of nitrogens with zero attached hydrogens (tertiary/aromatic N) is 2. The van der Waals surface area contributed by atoms with Gasteiger partial charge in [-0.25, -0.2) is 0 Å². The number of fused-ring (bicyclic) bond motifs is 1. The number of aromatic nitrogens is 2. The Morgan fingerprint density at radius 3 is 2.93 bits per heavy atom. The number of para-hydroxylation sites is 1. The summed E-state index contributed by atoms with van der Waals surface area (Å²) >= 11 is 0. The molecule has 0 saturated carbocycles. The van der Waals surface area contributed by atoms with Crippen molar-refractivity contribution in [3.8, 4) is 0 Å². The summed E-state index contributed by atoms with van der Waals surface area (Å²) in [5.41, 5.74) is 8.15. The van der Waals surface area contributed by atoms with Gasteiger partial charge in [0.25, 0.3) is 0 Å². The van der Waals surface area contributed by atoms with Gasteiger partial charge in [0.05, 0.1) is 0 Å². The smallest absolute Gasteiger partial charge is 0.176 e. The molecular formula is C24H29N5O. The lowest BCUT2D eigenvalue weighted by Gasteiger charge is -2.35. The second-order valence-corrected chi connectivity index (χ2v) is 8.21. The highest BCUT2D eigenvalue weighted by atomic mass is 16.1. The molecule has 6 heteroatoms. The van der Waals surface area contributed by atoms with Crippen molar-refractivity contribution in [3.63, 3.8) is 0 Å². The highest BCUT2D eigenvalue weighted by Gasteiger charge is 2.43. The Labute approximate surface area is 177 Å². The molecule has 2 aliphatic rings. The van der Waals surface area contributed by atoms with Crippen LogP contribution in [0.3, 0.4) is 0 Å². The Hall–Kier alpha value is -3.15. The number of benzene rings is 1. The first-order chi connectivity index (χ1) is 14.6. The molecule has 2 unspecified atom stereocenters. The normalized spacial score (nSPS) is 22.9. The molecule has 1 aromatic heterocycles. The molecule has 2 atom stereocenters. The second kappa shape index (κ2) is 8.69. The van der Waals surface area contributed by atoms with Crippen LogP contribution in [-0.2, 0) is 17.8 Å². The molecule has 1 aliphatic heterocycles. The fourth-order valence-electron chi connectivity index (χ4n) is 4.54. The molecule has 4 rings (SSSR count). The Balaban J connectivity index is 1.41. The van der Waals surface area contributed by atoms with Gasteiger partial charge in [-0.05, 0) is 37.0 Å². The van der Waals surface area contributed by atoms with E-state index in [-0.39, 0.29) is 17.5 Å². The van der Waals surface area contributed by atoms with Crippen molar-refractivity contribution in [2.24, 2.45) is 17.1 Å². The maximum Gasteiger partial charge on any atom is 0.176 e. The minimum atomic E-state index is -1.01. The summed E-state index contributed by atoms with van der Waals surface area (Å²) in [6.07, 6.45) is 13.6. The van der Waals surface area contributed by atoms with Crippen LogP contribution in [0.5, 0.6) is 0 Å². The molecule has 0 radical (unpaired) electrons. The predicted octanol–water partition coefficient (Wildman–Crippen LogP) is 3.72. The maximum absolute atomic E-state index is 13.6. The van der Waals surface area contributed by atoms with Gasteiger partial charge in [-0.1, -0.05) is 49.3 Å². The van der Waals surface area contributed by atoms with Crippen molar-refractivity contribution in [2.45, 2.75) is 38.6 Å². The van der Waals surface area contributed by atoms with Crippen molar-refractivity contribution in [2.75, 3.05) is 11.9 Å². The van der Waals surface area contributed by atoms with Gasteiger partial charge >= 0.3 is 0 Å². The Bertz CT molecular complexity index is 975. The molecule has 0 fully saturated rings. The zero-order chi connectivity index (χ0) is 21.0. The number of nitrogens with one attached hydrogen (secondary N) is 2. The predicted molar refractivity (Wildman–Crippen MR) is 119 cm³/mol. The summed E-state index contributed by atoms with van der Waals surface area (Å²) in [4.78, 5) is 13.6. The van der Waals surface area contributed by atoms with Gasteiger partial charge in [-0.2, -0.15) is 5.10 Å². The largest absolute Gasteiger partial charge is 0.387 e. The van der Waals surface area contributed by atoms with Gasteiger partial charge < -0.3 is 11.1 Å². The summed E-state index contributed by atoms with van der Waals surface area (Å²) in [6.45, 7) is 1.59. The number of hydrogen-bond donors (Lipinski definition) is 3. The monoisotopic (exact) mass is 403 g/mol. The van der Waals surface area contributed by atoms with E-state index < -0.39 is 5.41 Å². The van der Waals surface area contributed by atoms with Crippen LogP contribution in [0.25, 0.3) is 0 Å². The van der Waals surface area contributed by atoms with E-state index in [0.29, 0.717) is 6.42 Å². The summed E-state index contributed by atoms with van der Waals surface area (Å²) in [7, 11) is 0. The number of carbonyl (C=O) groups excluding carboxylic acids is 1. The molecule has 30 heavy (non-hydrogen) atoms. The Morgan fingerprint density at radius 1 is 1.27 bits per heavy atom. The average Bonchev–Trinajstić information content (AvgIpc) is 3.28. The number of anilines is 1. The zero-order valence-electron chi connectivity index (χ0n) is 17.2. The van der Waals surface area contributed by atoms with E-state index in [1.54, 1.807) is 6.20 Å². The Morgan fingerprint density at radius 2 is 2.13 bits per heavy atom. The lowest BCUT2D eigenvalue weighted by molar-refractivity contribution is -0.120. The van der Waals surface area contributed by atoms with E-state index in [4.69, 9.17) is 11.1 Å². The van der Waals surface area contributed by atoms with Crippen molar-refractivity contribution >= 4 is 17.3 Å². The van der Waals surface area contributed by atoms with Crippen LogP contribution in [0.1, 0.15) is 31.2 Å². The molecule has 0 saturated heterocycles. The molecule has 0 spiro atoms. The summed E-state index contributed by atoms with van der Waals surface area (Å²) in [5, 5.41) is 15.9. The van der Waals surface area contributed by atoms with Crippen LogP contribution < -0.4 is 11.1 Å². The van der Waals surface area contributed by atoms with Gasteiger partial charge in [0.2, 0.25) is 0 Å². The number of amidine groups is 1. The molecule has 2 heterocycles. The summed E-state index contributed by atoms with van der Waals surface area (Å²) in [5.74, 6) is 0.0391. The lowest BCUT2D eigenvalue weighted by atomic mass is 9.69. The van der Waals surface area contributed by atoms with E-state index in [0.717, 1.165) is 50.0 Å². The fourth-order valence-corrected chi connectivity index (χ4v) is 4.54. The quantitative estimate of drug-likeness (QED) is 0.355. The molecule has 1 aliphatic carbocycles. The van der Waals surface area contributed by atoms with Gasteiger partial charge in [0.15, 0.2) is 5.78 Å². The molecule has 1 aromatic carbocycles. The number of ketones is 1. The van der Waals surface area contributed by atoms with E-state index >= 15 is 0 Å². The Kier molecular flexibility index (Phi) is 5.84. The minimum absolute atomic E-state index is 0.00393. The van der Waals surface area contributed by atoms with Gasteiger partial charge in [0, 0.05) is 42.7 Å². The molecule has 6 nitrogen and oxygen atoms in total. The standard InChI is InChI=1S/C24H29N5O/c25-23(26)24(11-4-1-5-14-29-15-7-13-28-29)12-6-9-20(22(24)30)19-16-18-8-2-3-10-21(18)27-17-19/h2-3,6-10,12-13,15,19,27H,1,4-5,11,14,16-17H2,(H3,25,26). The number of carbonyl (C=O) groups is 1. The van der Waals surface area contributed by atoms with Crippen molar-refractivity contribution in [3.05, 3.63) is 72.1 Å². The second-order valence-electron chi connectivity index (χ2n) is 8.21. The third-order valence-corrected chi connectivity index (χ3v) is 6.28. The third-order valence-electron chi connectivity index (χ3n) is 6.28. The van der Waals surface area contributed by atoms with Crippen LogP contribution in [0, 0.1) is 16.7 Å². The third kappa shape index (κ3) is 3.95. The minimum Gasteiger partial charge on any atom is -0.387 e. The number of unbranched alkanes of at least 4 members (excludes halogenated alkanes) is 2. The zero-order valence-corrected chi connectivity index (χ0v) is 17.2. The molecule has 0 bridgehead atoms. The van der Waals surface area contributed by atoms with E-state index in [9.17, 15) is 4.79 Å². The molecule has 0 amide bonds. The van der Waals surface area contributed by atoms with Crippen LogP contribution in [0.15, 0.2) is 66.5 Å². The summed E-state index contributed by atoms with van der Waals surface area (Å²) < 4.78 is 1.92. The molecule has 156 valence electrons. The van der Waals surface area contributed by atoms with E-state index in [1.807, 2.05) is 47.3 Å². The topological polar surface area (TPSA) is 96.8 Å². The number of allylic oxidation sites excluding steroid dienone is 2. The van der Waals surface area contributed by atoms with Crippen molar-refractivity contribution in [1.29, 1.82) is 5.41 Å². The molecular weight excluding hydrogens is 374 g/mol. The first kappa shape index (κ1) is 20.1. The first-order valence-electron chi connectivity index (χ1n) is 10.7. The number of rotatable bonds is 8. The molecule has 2 aromatic rings. The molecule has 4 N–H and O–H groups in total. The van der Waals surface area contributed by atoms with Crippen LogP contribution in [0.2, 0.25) is 0 Å². The highest BCUT2D eigenvalue weighted by molar-refractivity contribution is 6.17. The number of nitrogens with two attached hydrogens (primary N) is 1. The number of hydrogen-bond acceptors (Lipinski definition) is 4. The fraction of sp³-hybridized carbons (Fsp3) is 0.375. The number of Topliss-reactive ketones (excluding diaryl/α,β-unsaturated/α-hetero) is 1. The SMILES string of the molecule is N=C(N)C1(CCCCCn2cccn2)C=CC=C(C2CNc3ccccc3C2)C1=O. The maximum atomic E-state index is 13.6. The first-order valence-corrected chi connectivity index (χ1v) is 10.7.